The van der Waals surface area contributed by atoms with E-state index in [0.717, 1.165) is 49.5 Å². The topological polar surface area (TPSA) is 45.5 Å². The van der Waals surface area contributed by atoms with Crippen molar-refractivity contribution in [2.24, 2.45) is 0 Å². The zero-order chi connectivity index (χ0) is 19.6. The summed E-state index contributed by atoms with van der Waals surface area (Å²) in [6.07, 6.45) is 2.71. The lowest BCUT2D eigenvalue weighted by Crippen LogP contribution is -2.43. The van der Waals surface area contributed by atoms with Gasteiger partial charge in [-0.3, -0.25) is 0 Å². The van der Waals surface area contributed by atoms with Crippen LogP contribution in [0.1, 0.15) is 30.4 Å². The fourth-order valence-corrected chi connectivity index (χ4v) is 4.60. The van der Waals surface area contributed by atoms with E-state index in [4.69, 9.17) is 37.9 Å². The zero-order valence-electron chi connectivity index (χ0n) is 15.6. The molecule has 4 rings (SSSR count). The molecule has 1 saturated heterocycles. The van der Waals surface area contributed by atoms with Crippen molar-refractivity contribution < 1.29 is 9.47 Å². The number of nitriles is 1. The third-order valence-corrected chi connectivity index (χ3v) is 6.53. The molecule has 0 aliphatic carbocycles. The minimum absolute atomic E-state index is 0.0864. The lowest BCUT2D eigenvalue weighted by molar-refractivity contribution is 0.137. The van der Waals surface area contributed by atoms with E-state index in [-0.39, 0.29) is 5.41 Å². The van der Waals surface area contributed by atoms with Crippen molar-refractivity contribution in [2.45, 2.75) is 31.3 Å². The lowest BCUT2D eigenvalue weighted by Gasteiger charge is -2.38. The number of rotatable bonds is 5. The van der Waals surface area contributed by atoms with Gasteiger partial charge in [-0.1, -0.05) is 35.3 Å². The molecule has 28 heavy (non-hydrogen) atoms. The predicted octanol–water partition coefficient (Wildman–Crippen LogP) is 5.21. The second-order valence-corrected chi connectivity index (χ2v) is 8.28. The van der Waals surface area contributed by atoms with Gasteiger partial charge in [-0.05, 0) is 44.1 Å². The number of halogens is 2. The summed E-state index contributed by atoms with van der Waals surface area (Å²) in [6, 6.07) is 13.8. The van der Waals surface area contributed by atoms with Crippen LogP contribution >= 0.6 is 23.2 Å². The van der Waals surface area contributed by atoms with Crippen LogP contribution in [0.5, 0.6) is 11.5 Å². The molecular formula is C22H22Cl2N2O2. The first-order valence-electron chi connectivity index (χ1n) is 9.54. The van der Waals surface area contributed by atoms with Crippen LogP contribution in [0.15, 0.2) is 36.4 Å². The molecule has 0 saturated carbocycles. The third kappa shape index (κ3) is 3.80. The lowest BCUT2D eigenvalue weighted by atomic mass is 9.74. The van der Waals surface area contributed by atoms with Gasteiger partial charge in [0.15, 0.2) is 0 Å². The summed E-state index contributed by atoms with van der Waals surface area (Å²) in [5.41, 5.74) is 2.15. The molecule has 1 fully saturated rings. The molecule has 2 aliphatic heterocycles. The van der Waals surface area contributed by atoms with Crippen LogP contribution in [0.25, 0.3) is 0 Å². The van der Waals surface area contributed by atoms with Crippen molar-refractivity contribution >= 4 is 23.2 Å². The molecule has 0 N–H and O–H groups in total. The van der Waals surface area contributed by atoms with Crippen LogP contribution in [-0.2, 0) is 12.0 Å². The molecule has 2 aliphatic rings. The fourth-order valence-electron chi connectivity index (χ4n) is 4.10. The first kappa shape index (κ1) is 19.4. The first-order valence-corrected chi connectivity index (χ1v) is 10.3. The van der Waals surface area contributed by atoms with E-state index in [2.05, 4.69) is 17.0 Å². The summed E-state index contributed by atoms with van der Waals surface area (Å²) < 4.78 is 12.0. The summed E-state index contributed by atoms with van der Waals surface area (Å²) in [4.78, 5) is 2.37. The Morgan fingerprint density at radius 3 is 2.61 bits per heavy atom. The van der Waals surface area contributed by atoms with E-state index in [1.54, 1.807) is 0 Å². The van der Waals surface area contributed by atoms with Gasteiger partial charge in [-0.25, -0.2) is 0 Å². The fraction of sp³-hybridized carbons (Fsp3) is 0.409. The maximum Gasteiger partial charge on any atom is 0.126 e. The molecule has 6 heteroatoms. The number of hydrogen-bond acceptors (Lipinski definition) is 4. The number of hydrogen-bond donors (Lipinski definition) is 0. The van der Waals surface area contributed by atoms with Gasteiger partial charge >= 0.3 is 0 Å². The maximum atomic E-state index is 8.78. The molecule has 2 heterocycles. The highest BCUT2D eigenvalue weighted by molar-refractivity contribution is 6.35. The Kier molecular flexibility index (Phi) is 5.68. The van der Waals surface area contributed by atoms with E-state index >= 15 is 0 Å². The zero-order valence-corrected chi connectivity index (χ0v) is 17.1. The highest BCUT2D eigenvalue weighted by atomic mass is 35.5. The largest absolute Gasteiger partial charge is 0.492 e. The van der Waals surface area contributed by atoms with E-state index in [1.807, 2.05) is 30.3 Å². The van der Waals surface area contributed by atoms with E-state index < -0.39 is 0 Å². The monoisotopic (exact) mass is 416 g/mol. The van der Waals surface area contributed by atoms with Gasteiger partial charge in [-0.2, -0.15) is 5.26 Å². The summed E-state index contributed by atoms with van der Waals surface area (Å²) in [6.45, 7) is 3.91. The molecule has 146 valence electrons. The molecule has 1 spiro atoms. The molecule has 0 amide bonds. The van der Waals surface area contributed by atoms with Gasteiger partial charge < -0.3 is 14.4 Å². The van der Waals surface area contributed by atoms with Crippen LogP contribution in [0.3, 0.4) is 0 Å². The Balaban J connectivity index is 1.44. The molecule has 0 unspecified atom stereocenters. The van der Waals surface area contributed by atoms with Crippen LogP contribution < -0.4 is 9.47 Å². The number of ether oxygens (including phenoxy) is 2. The standard InChI is InChI=1S/C22H22Cl2N2O2/c23-19-3-1-4-20(24)17(19)14-27-16-5-6-18-21(13-16)28-15-22(18)7-11-26(12-8-22)10-2-9-25/h1,3-6,13H,2,7-8,10-12,14-15H2. The second kappa shape index (κ2) is 8.21. The maximum absolute atomic E-state index is 8.78. The van der Waals surface area contributed by atoms with Crippen molar-refractivity contribution in [3.63, 3.8) is 0 Å². The minimum atomic E-state index is 0.0864. The molecule has 2 aromatic carbocycles. The predicted molar refractivity (Wildman–Crippen MR) is 110 cm³/mol. The average molecular weight is 417 g/mol. The van der Waals surface area contributed by atoms with Crippen LogP contribution in [0.2, 0.25) is 10.0 Å². The van der Waals surface area contributed by atoms with Gasteiger partial charge in [0.1, 0.15) is 18.1 Å². The minimum Gasteiger partial charge on any atom is -0.492 e. The van der Waals surface area contributed by atoms with Crippen LogP contribution in [-0.4, -0.2) is 31.1 Å². The molecule has 0 atom stereocenters. The molecular weight excluding hydrogens is 395 g/mol. The number of benzene rings is 2. The summed E-state index contributed by atoms with van der Waals surface area (Å²) in [5.74, 6) is 1.66. The van der Waals surface area contributed by atoms with Crippen molar-refractivity contribution in [1.82, 2.24) is 4.90 Å². The van der Waals surface area contributed by atoms with Gasteiger partial charge in [0, 0.05) is 45.6 Å². The normalized spacial score (nSPS) is 17.8. The molecule has 0 radical (unpaired) electrons. The molecule has 0 bridgehead atoms. The summed E-state index contributed by atoms with van der Waals surface area (Å²) in [5, 5.41) is 9.99. The first-order chi connectivity index (χ1) is 13.6. The highest BCUT2D eigenvalue weighted by Crippen LogP contribution is 2.46. The summed E-state index contributed by atoms with van der Waals surface area (Å²) in [7, 11) is 0. The Hall–Kier alpha value is -1.93. The number of piperidine rings is 1. The number of likely N-dealkylation sites (tertiary alicyclic amines) is 1. The Bertz CT molecular complexity index is 882. The van der Waals surface area contributed by atoms with Crippen molar-refractivity contribution in [3.8, 4) is 17.6 Å². The Labute approximate surface area is 175 Å². The average Bonchev–Trinajstić information content (AvgIpc) is 3.05. The quantitative estimate of drug-likeness (QED) is 0.670. The SMILES string of the molecule is N#CCCN1CCC2(CC1)COc1cc(OCc3c(Cl)cccc3Cl)ccc12. The van der Waals surface area contributed by atoms with Crippen molar-refractivity contribution in [1.29, 1.82) is 5.26 Å². The molecule has 4 nitrogen and oxygen atoms in total. The Morgan fingerprint density at radius 1 is 1.14 bits per heavy atom. The smallest absolute Gasteiger partial charge is 0.126 e. The Morgan fingerprint density at radius 2 is 1.89 bits per heavy atom. The van der Waals surface area contributed by atoms with Crippen molar-refractivity contribution in [3.05, 3.63) is 57.6 Å². The molecule has 2 aromatic rings. The van der Waals surface area contributed by atoms with E-state index in [0.29, 0.717) is 29.7 Å². The number of fused-ring (bicyclic) bond motifs is 2. The molecule has 0 aromatic heterocycles. The highest BCUT2D eigenvalue weighted by Gasteiger charge is 2.43. The van der Waals surface area contributed by atoms with Crippen LogP contribution in [0.4, 0.5) is 0 Å². The van der Waals surface area contributed by atoms with Gasteiger partial charge in [0.2, 0.25) is 0 Å². The number of nitrogens with zero attached hydrogens (tertiary/aromatic N) is 2. The van der Waals surface area contributed by atoms with Gasteiger partial charge in [0.25, 0.3) is 0 Å². The third-order valence-electron chi connectivity index (χ3n) is 5.83. The summed E-state index contributed by atoms with van der Waals surface area (Å²) >= 11 is 12.4. The van der Waals surface area contributed by atoms with Crippen molar-refractivity contribution in [2.75, 3.05) is 26.2 Å². The van der Waals surface area contributed by atoms with E-state index in [9.17, 15) is 0 Å². The van der Waals surface area contributed by atoms with Gasteiger partial charge in [-0.15, -0.1) is 0 Å². The van der Waals surface area contributed by atoms with Gasteiger partial charge in [0.05, 0.1) is 12.7 Å². The second-order valence-electron chi connectivity index (χ2n) is 7.47. The van der Waals surface area contributed by atoms with E-state index in [1.165, 1.54) is 5.56 Å². The van der Waals surface area contributed by atoms with Crippen LogP contribution in [0, 0.1) is 11.3 Å².